The van der Waals surface area contributed by atoms with E-state index < -0.39 is 34.4 Å². The van der Waals surface area contributed by atoms with E-state index in [2.05, 4.69) is 5.32 Å². The number of likely N-dealkylation sites (N-methyl/N-ethyl adjacent to an activating group) is 1. The number of nitrogens with one attached hydrogen (secondary N) is 1. The van der Waals surface area contributed by atoms with Crippen LogP contribution in [0.1, 0.15) is 19.4 Å². The minimum absolute atomic E-state index is 0.00516. The Hall–Kier alpha value is -3.27. The molecule has 0 saturated carbocycles. The van der Waals surface area contributed by atoms with Crippen LogP contribution in [-0.4, -0.2) is 51.4 Å². The number of carbonyl (C=O) groups excluding carboxylic acids is 2. The third-order valence-electron chi connectivity index (χ3n) is 5.83. The first-order chi connectivity index (χ1) is 18.1. The summed E-state index contributed by atoms with van der Waals surface area (Å²) in [5.41, 5.74) is 0.869. The van der Waals surface area contributed by atoms with Gasteiger partial charge in [-0.15, -0.1) is 0 Å². The number of ether oxygens (including phenoxy) is 1. The quantitative estimate of drug-likeness (QED) is 0.354. The monoisotopic (exact) mass is 577 g/mol. The Kier molecular flexibility index (Phi) is 10.0. The Bertz CT molecular complexity index is 1370. The van der Waals surface area contributed by atoms with Crippen LogP contribution in [0.5, 0.6) is 5.75 Å². The number of sulfonamides is 1. The highest BCUT2D eigenvalue weighted by Crippen LogP contribution is 2.28. The van der Waals surface area contributed by atoms with Gasteiger partial charge in [0.05, 0.1) is 17.2 Å². The fourth-order valence-corrected chi connectivity index (χ4v) is 5.48. The Balaban J connectivity index is 2.04. The normalized spacial score (nSPS) is 11.9. The van der Waals surface area contributed by atoms with Crippen molar-refractivity contribution in [1.29, 1.82) is 0 Å². The molecule has 1 atom stereocenters. The fraction of sp³-hybridized carbons (Fsp3) is 0.259. The number of anilines is 1. The van der Waals surface area contributed by atoms with Crippen LogP contribution in [-0.2, 0) is 26.2 Å². The van der Waals surface area contributed by atoms with Crippen molar-refractivity contribution in [2.75, 3.05) is 24.5 Å². The van der Waals surface area contributed by atoms with Crippen molar-refractivity contribution in [3.8, 4) is 5.75 Å². The van der Waals surface area contributed by atoms with Gasteiger partial charge in [-0.1, -0.05) is 41.4 Å². The van der Waals surface area contributed by atoms with Crippen molar-refractivity contribution in [3.05, 3.63) is 88.4 Å². The van der Waals surface area contributed by atoms with Crippen molar-refractivity contribution >= 4 is 50.7 Å². The molecule has 3 rings (SSSR count). The van der Waals surface area contributed by atoms with Crippen molar-refractivity contribution in [3.63, 3.8) is 0 Å². The van der Waals surface area contributed by atoms with Crippen LogP contribution < -0.4 is 14.4 Å². The van der Waals surface area contributed by atoms with Gasteiger partial charge < -0.3 is 15.0 Å². The molecule has 0 radical (unpaired) electrons. The van der Waals surface area contributed by atoms with Gasteiger partial charge in [0.1, 0.15) is 18.3 Å². The van der Waals surface area contributed by atoms with Gasteiger partial charge >= 0.3 is 0 Å². The van der Waals surface area contributed by atoms with Crippen molar-refractivity contribution in [2.24, 2.45) is 0 Å². The average molecular weight is 579 g/mol. The molecule has 0 bridgehead atoms. The zero-order valence-electron chi connectivity index (χ0n) is 21.2. The lowest BCUT2D eigenvalue weighted by Gasteiger charge is -2.32. The van der Waals surface area contributed by atoms with E-state index in [4.69, 9.17) is 27.9 Å². The standard InChI is InChI=1S/C27H29Cl2N3O5S/c1-4-37-23-13-11-22(12-14-23)32(38(35,36)24-15-9-21(28)10-16-24)18-26(33)31(19(2)27(34)30-3)17-20-7-5-6-8-25(20)29/h5-16,19H,4,17-18H2,1-3H3,(H,30,34)/t19-/m1/s1. The highest BCUT2D eigenvalue weighted by molar-refractivity contribution is 7.92. The van der Waals surface area contributed by atoms with Gasteiger partial charge in [-0.3, -0.25) is 13.9 Å². The smallest absolute Gasteiger partial charge is 0.264 e. The van der Waals surface area contributed by atoms with E-state index >= 15 is 0 Å². The lowest BCUT2D eigenvalue weighted by molar-refractivity contribution is -0.139. The first kappa shape index (κ1) is 29.3. The van der Waals surface area contributed by atoms with Crippen LogP contribution in [0.3, 0.4) is 0 Å². The van der Waals surface area contributed by atoms with Gasteiger partial charge in [0.25, 0.3) is 10.0 Å². The second-order valence-electron chi connectivity index (χ2n) is 8.30. The highest BCUT2D eigenvalue weighted by atomic mass is 35.5. The molecule has 0 aromatic heterocycles. The minimum atomic E-state index is -4.20. The second-order valence-corrected chi connectivity index (χ2v) is 11.0. The average Bonchev–Trinajstić information content (AvgIpc) is 2.91. The van der Waals surface area contributed by atoms with Gasteiger partial charge in [-0.25, -0.2) is 8.42 Å². The van der Waals surface area contributed by atoms with Gasteiger partial charge in [0, 0.05) is 23.6 Å². The first-order valence-electron chi connectivity index (χ1n) is 11.8. The predicted molar refractivity (Wildman–Crippen MR) is 149 cm³/mol. The number of hydrogen-bond acceptors (Lipinski definition) is 5. The van der Waals surface area contributed by atoms with Crippen molar-refractivity contribution in [1.82, 2.24) is 10.2 Å². The topological polar surface area (TPSA) is 96.0 Å². The van der Waals surface area contributed by atoms with Crippen molar-refractivity contribution < 1.29 is 22.7 Å². The Labute approximate surface area is 233 Å². The Morgan fingerprint density at radius 1 is 0.974 bits per heavy atom. The molecular weight excluding hydrogens is 549 g/mol. The van der Waals surface area contributed by atoms with E-state index in [1.807, 2.05) is 6.92 Å². The maximum absolute atomic E-state index is 13.8. The molecule has 0 unspecified atom stereocenters. The van der Waals surface area contributed by atoms with Gasteiger partial charge in [-0.05, 0) is 74.0 Å². The number of carbonyl (C=O) groups is 2. The summed E-state index contributed by atoms with van der Waals surface area (Å²) in [4.78, 5) is 27.6. The van der Waals surface area contributed by atoms with Crippen LogP contribution in [0.25, 0.3) is 0 Å². The fourth-order valence-electron chi connectivity index (χ4n) is 3.74. The molecule has 38 heavy (non-hydrogen) atoms. The number of benzene rings is 3. The molecule has 202 valence electrons. The van der Waals surface area contributed by atoms with E-state index in [-0.39, 0.29) is 17.1 Å². The summed E-state index contributed by atoms with van der Waals surface area (Å²) < 4.78 is 34.0. The van der Waals surface area contributed by atoms with Gasteiger partial charge in [0.15, 0.2) is 0 Å². The summed E-state index contributed by atoms with van der Waals surface area (Å²) in [5.74, 6) is -0.439. The van der Waals surface area contributed by atoms with E-state index in [9.17, 15) is 18.0 Å². The molecule has 0 aliphatic rings. The summed E-state index contributed by atoms with van der Waals surface area (Å²) in [6, 6.07) is 18.1. The molecule has 1 N–H and O–H groups in total. The summed E-state index contributed by atoms with van der Waals surface area (Å²) in [6.45, 7) is 3.29. The zero-order valence-corrected chi connectivity index (χ0v) is 23.6. The molecule has 3 aromatic carbocycles. The maximum Gasteiger partial charge on any atom is 0.264 e. The number of halogens is 2. The number of rotatable bonds is 11. The molecule has 0 aliphatic carbocycles. The minimum Gasteiger partial charge on any atom is -0.494 e. The van der Waals surface area contributed by atoms with E-state index in [0.717, 1.165) is 4.31 Å². The zero-order chi connectivity index (χ0) is 27.9. The number of nitrogens with zero attached hydrogens (tertiary/aromatic N) is 2. The van der Waals surface area contributed by atoms with Crippen LogP contribution >= 0.6 is 23.2 Å². The third kappa shape index (κ3) is 6.98. The number of hydrogen-bond donors (Lipinski definition) is 1. The van der Waals surface area contributed by atoms with Gasteiger partial charge in [0.2, 0.25) is 11.8 Å². The van der Waals surface area contributed by atoms with Crippen LogP contribution in [0.4, 0.5) is 5.69 Å². The first-order valence-corrected chi connectivity index (χ1v) is 14.0. The SMILES string of the molecule is CCOc1ccc(N(CC(=O)N(Cc2ccccc2Cl)[C@H](C)C(=O)NC)S(=O)(=O)c2ccc(Cl)cc2)cc1. The lowest BCUT2D eigenvalue weighted by Crippen LogP contribution is -2.50. The highest BCUT2D eigenvalue weighted by Gasteiger charge is 2.32. The van der Waals surface area contributed by atoms with Crippen LogP contribution in [0, 0.1) is 0 Å². The van der Waals surface area contributed by atoms with E-state index in [1.54, 1.807) is 55.5 Å². The summed E-state index contributed by atoms with van der Waals surface area (Å²) in [7, 11) is -2.73. The molecule has 3 aromatic rings. The summed E-state index contributed by atoms with van der Waals surface area (Å²) in [6.07, 6.45) is 0. The maximum atomic E-state index is 13.8. The third-order valence-corrected chi connectivity index (χ3v) is 8.24. The molecule has 2 amide bonds. The Morgan fingerprint density at radius 2 is 1.61 bits per heavy atom. The molecule has 11 heteroatoms. The molecule has 0 aliphatic heterocycles. The van der Waals surface area contributed by atoms with Gasteiger partial charge in [-0.2, -0.15) is 0 Å². The summed E-state index contributed by atoms with van der Waals surface area (Å²) in [5, 5.41) is 3.34. The van der Waals surface area contributed by atoms with E-state index in [0.29, 0.717) is 28.0 Å². The second kappa shape index (κ2) is 13.0. The molecule has 0 heterocycles. The number of amides is 2. The van der Waals surface area contributed by atoms with Crippen molar-refractivity contribution in [2.45, 2.75) is 31.3 Å². The van der Waals surface area contributed by atoms with Crippen LogP contribution in [0.2, 0.25) is 10.0 Å². The molecule has 0 spiro atoms. The predicted octanol–water partition coefficient (Wildman–Crippen LogP) is 4.75. The lowest BCUT2D eigenvalue weighted by atomic mass is 10.1. The Morgan fingerprint density at radius 3 is 2.18 bits per heavy atom. The largest absolute Gasteiger partial charge is 0.494 e. The van der Waals surface area contributed by atoms with E-state index in [1.165, 1.54) is 36.2 Å². The molecule has 0 saturated heterocycles. The molecule has 0 fully saturated rings. The van der Waals surface area contributed by atoms with Crippen LogP contribution in [0.15, 0.2) is 77.7 Å². The molecular formula is C27H29Cl2N3O5S. The molecule has 8 nitrogen and oxygen atoms in total. The summed E-state index contributed by atoms with van der Waals surface area (Å²) >= 11 is 12.3.